The standard InChI is InChI=1S/C22H41O10P/c1-3-5-6-7-8-9-10-11-12-13-14-22(26)32-20(16-24)18-30-33(27,28)29-17-19(15-23)31-21(25)4-2/h6-7,19-20,23-24H,3-5,8-18H2,1-2H3,(H,27,28)/b7-6-. The van der Waals surface area contributed by atoms with Crippen LogP contribution in [0.4, 0.5) is 0 Å². The summed E-state index contributed by atoms with van der Waals surface area (Å²) >= 11 is 0. The molecule has 0 spiro atoms. The highest BCUT2D eigenvalue weighted by molar-refractivity contribution is 7.47. The van der Waals surface area contributed by atoms with Gasteiger partial charge in [-0.05, 0) is 25.7 Å². The maximum Gasteiger partial charge on any atom is 0.472 e. The van der Waals surface area contributed by atoms with Crippen LogP contribution in [0.25, 0.3) is 0 Å². The molecule has 0 bridgehead atoms. The molecule has 0 heterocycles. The Balaban J connectivity index is 4.07. The molecule has 3 atom stereocenters. The fraction of sp³-hybridized carbons (Fsp3) is 0.818. The van der Waals surface area contributed by atoms with Gasteiger partial charge in [-0.1, -0.05) is 51.7 Å². The lowest BCUT2D eigenvalue weighted by atomic mass is 10.1. The van der Waals surface area contributed by atoms with Crippen LogP contribution in [0.15, 0.2) is 12.2 Å². The maximum absolute atomic E-state index is 11.9. The lowest BCUT2D eigenvalue weighted by Crippen LogP contribution is -2.28. The number of phosphoric acid groups is 1. The molecular formula is C22H41O10P. The summed E-state index contributed by atoms with van der Waals surface area (Å²) in [6, 6.07) is 0. The molecule has 0 aromatic rings. The Hall–Kier alpha value is -1.29. The predicted octanol–water partition coefficient (Wildman–Crippen LogP) is 3.43. The number of aliphatic hydroxyl groups excluding tert-OH is 2. The van der Waals surface area contributed by atoms with Gasteiger partial charge < -0.3 is 24.6 Å². The van der Waals surface area contributed by atoms with Gasteiger partial charge in [-0.15, -0.1) is 0 Å². The highest BCUT2D eigenvalue weighted by Crippen LogP contribution is 2.43. The van der Waals surface area contributed by atoms with E-state index >= 15 is 0 Å². The van der Waals surface area contributed by atoms with Crippen LogP contribution >= 0.6 is 7.82 Å². The molecule has 0 saturated carbocycles. The minimum Gasteiger partial charge on any atom is -0.457 e. The molecule has 3 N–H and O–H groups in total. The second-order valence-electron chi connectivity index (χ2n) is 7.57. The Morgan fingerprint density at radius 3 is 1.88 bits per heavy atom. The SMILES string of the molecule is CCC/C=C\CCCCCCCC(=O)OC(CO)COP(=O)(O)OCC(CO)OC(=O)CC. The van der Waals surface area contributed by atoms with Crippen molar-refractivity contribution in [3.05, 3.63) is 12.2 Å². The predicted molar refractivity (Wildman–Crippen MR) is 122 cm³/mol. The lowest BCUT2D eigenvalue weighted by molar-refractivity contribution is -0.153. The number of hydrogen-bond acceptors (Lipinski definition) is 9. The second-order valence-corrected chi connectivity index (χ2v) is 9.02. The first kappa shape index (κ1) is 31.7. The quantitative estimate of drug-likeness (QED) is 0.0934. The Morgan fingerprint density at radius 1 is 0.818 bits per heavy atom. The molecule has 0 radical (unpaired) electrons. The highest BCUT2D eigenvalue weighted by Gasteiger charge is 2.27. The fourth-order valence-corrected chi connectivity index (χ4v) is 3.40. The van der Waals surface area contributed by atoms with Gasteiger partial charge in [0.25, 0.3) is 0 Å². The summed E-state index contributed by atoms with van der Waals surface area (Å²) in [6.07, 6.45) is 10.6. The minimum absolute atomic E-state index is 0.0735. The number of rotatable bonds is 21. The average molecular weight is 497 g/mol. The highest BCUT2D eigenvalue weighted by atomic mass is 31.2. The summed E-state index contributed by atoms with van der Waals surface area (Å²) in [6.45, 7) is 1.40. The molecule has 0 amide bonds. The van der Waals surface area contributed by atoms with Crippen molar-refractivity contribution in [3.63, 3.8) is 0 Å². The molecule has 0 rings (SSSR count). The molecule has 0 aromatic carbocycles. The molecule has 3 unspecified atom stereocenters. The number of carbonyl (C=O) groups excluding carboxylic acids is 2. The number of phosphoric ester groups is 1. The molecule has 11 heteroatoms. The molecule has 0 aliphatic heterocycles. The lowest BCUT2D eigenvalue weighted by Gasteiger charge is -2.20. The summed E-state index contributed by atoms with van der Waals surface area (Å²) in [5.41, 5.74) is 0. The van der Waals surface area contributed by atoms with Gasteiger partial charge in [-0.25, -0.2) is 4.57 Å². The zero-order valence-corrected chi connectivity index (χ0v) is 20.7. The molecule has 0 saturated heterocycles. The van der Waals surface area contributed by atoms with E-state index in [-0.39, 0.29) is 12.8 Å². The number of aliphatic hydroxyl groups is 2. The largest absolute Gasteiger partial charge is 0.472 e. The number of esters is 2. The van der Waals surface area contributed by atoms with Gasteiger partial charge in [0, 0.05) is 12.8 Å². The Kier molecular flexibility index (Phi) is 19.3. The zero-order valence-electron chi connectivity index (χ0n) is 19.9. The van der Waals surface area contributed by atoms with Crippen LogP contribution in [-0.4, -0.2) is 65.7 Å². The van der Waals surface area contributed by atoms with E-state index in [1.165, 1.54) is 0 Å². The number of unbranched alkanes of at least 4 members (excludes halogenated alkanes) is 6. The summed E-state index contributed by atoms with van der Waals surface area (Å²) in [5, 5.41) is 18.5. The number of ether oxygens (including phenoxy) is 2. The summed E-state index contributed by atoms with van der Waals surface area (Å²) < 4.78 is 31.2. The van der Waals surface area contributed by atoms with Gasteiger partial charge in [0.05, 0.1) is 26.4 Å². The molecule has 0 aromatic heterocycles. The van der Waals surface area contributed by atoms with Crippen molar-refractivity contribution in [2.75, 3.05) is 26.4 Å². The third-order valence-corrected chi connectivity index (χ3v) is 5.46. The minimum atomic E-state index is -4.58. The second kappa shape index (κ2) is 20.1. The summed E-state index contributed by atoms with van der Waals surface area (Å²) in [5.74, 6) is -1.13. The smallest absolute Gasteiger partial charge is 0.457 e. The molecule has 0 aliphatic rings. The van der Waals surface area contributed by atoms with Crippen molar-refractivity contribution < 1.29 is 47.8 Å². The first-order valence-electron chi connectivity index (χ1n) is 11.6. The monoisotopic (exact) mass is 496 g/mol. The number of allylic oxidation sites excluding steroid dienone is 2. The van der Waals surface area contributed by atoms with Gasteiger partial charge in [0.1, 0.15) is 12.2 Å². The molecule has 0 aliphatic carbocycles. The van der Waals surface area contributed by atoms with Crippen LogP contribution in [0, 0.1) is 0 Å². The third-order valence-electron chi connectivity index (χ3n) is 4.51. The molecule has 10 nitrogen and oxygen atoms in total. The van der Waals surface area contributed by atoms with E-state index < -0.39 is 58.4 Å². The van der Waals surface area contributed by atoms with E-state index in [1.807, 2.05) is 0 Å². The fourth-order valence-electron chi connectivity index (χ4n) is 2.62. The van der Waals surface area contributed by atoms with Gasteiger partial charge in [0.15, 0.2) is 0 Å². The van der Waals surface area contributed by atoms with Crippen molar-refractivity contribution in [2.24, 2.45) is 0 Å². The van der Waals surface area contributed by atoms with Crippen molar-refractivity contribution in [3.8, 4) is 0 Å². The van der Waals surface area contributed by atoms with Gasteiger partial charge >= 0.3 is 19.8 Å². The van der Waals surface area contributed by atoms with E-state index in [1.54, 1.807) is 6.92 Å². The summed E-state index contributed by atoms with van der Waals surface area (Å²) in [7, 11) is -4.58. The van der Waals surface area contributed by atoms with Crippen LogP contribution in [0.2, 0.25) is 0 Å². The topological polar surface area (TPSA) is 149 Å². The molecule has 0 fully saturated rings. The normalized spacial score (nSPS) is 15.2. The molecule has 194 valence electrons. The van der Waals surface area contributed by atoms with E-state index in [4.69, 9.17) is 23.6 Å². The Bertz CT molecular complexity index is 596. The first-order valence-corrected chi connectivity index (χ1v) is 13.1. The van der Waals surface area contributed by atoms with Gasteiger partial charge in [0.2, 0.25) is 0 Å². The van der Waals surface area contributed by atoms with E-state index in [9.17, 15) is 24.2 Å². The molecular weight excluding hydrogens is 455 g/mol. The van der Waals surface area contributed by atoms with Crippen LogP contribution < -0.4 is 0 Å². The average Bonchev–Trinajstić information content (AvgIpc) is 2.80. The Morgan fingerprint density at radius 2 is 1.33 bits per heavy atom. The van der Waals surface area contributed by atoms with Gasteiger partial charge in [-0.3, -0.25) is 18.6 Å². The van der Waals surface area contributed by atoms with E-state index in [0.717, 1.165) is 44.9 Å². The molecule has 33 heavy (non-hydrogen) atoms. The number of hydrogen-bond donors (Lipinski definition) is 3. The van der Waals surface area contributed by atoms with Crippen LogP contribution in [0.1, 0.15) is 78.1 Å². The van der Waals surface area contributed by atoms with Crippen LogP contribution in [0.3, 0.4) is 0 Å². The Labute approximate surface area is 196 Å². The van der Waals surface area contributed by atoms with Crippen molar-refractivity contribution in [2.45, 2.75) is 90.3 Å². The third kappa shape index (κ3) is 18.8. The zero-order chi connectivity index (χ0) is 25.0. The number of carbonyl (C=O) groups is 2. The van der Waals surface area contributed by atoms with E-state index in [2.05, 4.69) is 19.1 Å². The van der Waals surface area contributed by atoms with Gasteiger partial charge in [-0.2, -0.15) is 0 Å². The summed E-state index contributed by atoms with van der Waals surface area (Å²) in [4.78, 5) is 32.8. The van der Waals surface area contributed by atoms with Crippen LogP contribution in [0.5, 0.6) is 0 Å². The van der Waals surface area contributed by atoms with Crippen LogP contribution in [-0.2, 0) is 32.7 Å². The van der Waals surface area contributed by atoms with Crippen molar-refractivity contribution in [1.82, 2.24) is 0 Å². The maximum atomic E-state index is 11.9. The van der Waals surface area contributed by atoms with Crippen molar-refractivity contribution in [1.29, 1.82) is 0 Å². The van der Waals surface area contributed by atoms with E-state index in [0.29, 0.717) is 6.42 Å². The van der Waals surface area contributed by atoms with Crippen molar-refractivity contribution >= 4 is 19.8 Å². The first-order chi connectivity index (χ1) is 15.8.